The van der Waals surface area contributed by atoms with Crippen molar-refractivity contribution in [1.82, 2.24) is 19.7 Å². The number of likely N-dealkylation sites (tertiary alicyclic amines) is 1. The molecule has 1 aliphatic rings. The van der Waals surface area contributed by atoms with Crippen LogP contribution in [-0.4, -0.2) is 55.5 Å². The molecule has 3 heterocycles. The molecule has 1 N–H and O–H groups in total. The van der Waals surface area contributed by atoms with Crippen molar-refractivity contribution >= 4 is 34.7 Å². The van der Waals surface area contributed by atoms with E-state index in [0.29, 0.717) is 42.3 Å². The van der Waals surface area contributed by atoms with Gasteiger partial charge in [-0.15, -0.1) is 0 Å². The molecule has 0 saturated carbocycles. The molecule has 0 atom stereocenters. The fraction of sp³-hybridized carbons (Fsp3) is 0.579. The first-order valence-corrected chi connectivity index (χ1v) is 9.67. The van der Waals surface area contributed by atoms with Gasteiger partial charge in [-0.05, 0) is 46.5 Å². The highest BCUT2D eigenvalue weighted by Crippen LogP contribution is 2.30. The lowest BCUT2D eigenvalue weighted by molar-refractivity contribution is 0.0177. The predicted octanol–water partition coefficient (Wildman–Crippen LogP) is 3.74. The van der Waals surface area contributed by atoms with Crippen molar-refractivity contribution in [3.8, 4) is 0 Å². The van der Waals surface area contributed by atoms with Crippen LogP contribution in [0.2, 0.25) is 5.02 Å². The number of carbonyl (C=O) groups excluding carboxylic acids is 1. The molecular formula is C19H25ClN4O4. The van der Waals surface area contributed by atoms with E-state index in [0.717, 1.165) is 12.8 Å². The number of aromatic carboxylic acids is 1. The summed E-state index contributed by atoms with van der Waals surface area (Å²) >= 11 is 6.27. The van der Waals surface area contributed by atoms with Crippen LogP contribution in [0.5, 0.6) is 0 Å². The van der Waals surface area contributed by atoms with Crippen molar-refractivity contribution in [2.75, 3.05) is 13.1 Å². The number of ether oxygens (including phenoxy) is 1. The summed E-state index contributed by atoms with van der Waals surface area (Å²) in [5.41, 5.74) is 0.713. The molecule has 2 aromatic rings. The molecule has 3 rings (SSSR count). The van der Waals surface area contributed by atoms with Gasteiger partial charge in [-0.2, -0.15) is 5.10 Å². The van der Waals surface area contributed by atoms with Gasteiger partial charge < -0.3 is 14.7 Å². The highest BCUT2D eigenvalue weighted by Gasteiger charge is 2.28. The highest BCUT2D eigenvalue weighted by atomic mass is 35.5. The number of nitrogens with zero attached hydrogens (tertiary/aromatic N) is 4. The second kappa shape index (κ2) is 7.58. The molecule has 0 bridgehead atoms. The molecule has 152 valence electrons. The van der Waals surface area contributed by atoms with Crippen LogP contribution >= 0.6 is 11.6 Å². The summed E-state index contributed by atoms with van der Waals surface area (Å²) in [6.07, 6.45) is 2.66. The van der Waals surface area contributed by atoms with Gasteiger partial charge in [-0.25, -0.2) is 19.3 Å². The quantitative estimate of drug-likeness (QED) is 0.830. The molecule has 0 aliphatic carbocycles. The number of aromatic nitrogens is 3. The zero-order valence-electron chi connectivity index (χ0n) is 16.5. The third-order valence-electron chi connectivity index (χ3n) is 4.80. The largest absolute Gasteiger partial charge is 0.478 e. The zero-order valence-corrected chi connectivity index (χ0v) is 17.3. The summed E-state index contributed by atoms with van der Waals surface area (Å²) in [7, 11) is 0. The Bertz CT molecular complexity index is 911. The van der Waals surface area contributed by atoms with Crippen LogP contribution in [0.25, 0.3) is 11.0 Å². The zero-order chi connectivity index (χ0) is 20.6. The van der Waals surface area contributed by atoms with E-state index in [1.165, 1.54) is 6.20 Å². The lowest BCUT2D eigenvalue weighted by Crippen LogP contribution is -2.42. The molecule has 8 nitrogen and oxygen atoms in total. The lowest BCUT2D eigenvalue weighted by atomic mass is 9.97. The summed E-state index contributed by atoms with van der Waals surface area (Å²) in [4.78, 5) is 29.5. The summed E-state index contributed by atoms with van der Waals surface area (Å²) in [6, 6.07) is 0. The molecule has 0 radical (unpaired) electrons. The van der Waals surface area contributed by atoms with Gasteiger partial charge in [0.1, 0.15) is 5.60 Å². The number of amides is 1. The molecule has 1 amide bonds. The van der Waals surface area contributed by atoms with Gasteiger partial charge in [0.2, 0.25) is 0 Å². The number of fused-ring (bicyclic) bond motifs is 1. The second-order valence-electron chi connectivity index (χ2n) is 8.17. The van der Waals surface area contributed by atoms with Gasteiger partial charge in [-0.3, -0.25) is 0 Å². The Kier molecular flexibility index (Phi) is 5.52. The van der Waals surface area contributed by atoms with Gasteiger partial charge in [0.05, 0.1) is 21.7 Å². The average molecular weight is 409 g/mol. The monoisotopic (exact) mass is 408 g/mol. The number of carboxylic acid groups (broad SMARTS) is 1. The maximum absolute atomic E-state index is 12.2. The van der Waals surface area contributed by atoms with E-state index in [4.69, 9.17) is 16.3 Å². The first-order chi connectivity index (χ1) is 13.1. The Hall–Kier alpha value is -2.35. The molecule has 1 aliphatic heterocycles. The van der Waals surface area contributed by atoms with Gasteiger partial charge in [0.15, 0.2) is 5.65 Å². The highest BCUT2D eigenvalue weighted by molar-refractivity contribution is 6.38. The molecule has 1 fully saturated rings. The van der Waals surface area contributed by atoms with Crippen LogP contribution in [0.1, 0.15) is 49.7 Å². The van der Waals surface area contributed by atoms with Gasteiger partial charge in [-0.1, -0.05) is 11.6 Å². The number of rotatable bonds is 3. The normalized spacial score (nSPS) is 15.8. The Morgan fingerprint density at radius 3 is 2.54 bits per heavy atom. The van der Waals surface area contributed by atoms with E-state index in [1.54, 1.807) is 16.5 Å². The SMILES string of the molecule is Cc1nn(CC2CCN(C(=O)OC(C)(C)C)CC2)c2ncc(C(=O)O)c(Cl)c12. The van der Waals surface area contributed by atoms with E-state index in [-0.39, 0.29) is 16.7 Å². The smallest absolute Gasteiger partial charge is 0.410 e. The lowest BCUT2D eigenvalue weighted by Gasteiger charge is -2.33. The number of carbonyl (C=O) groups is 2. The fourth-order valence-corrected chi connectivity index (χ4v) is 3.77. The number of hydrogen-bond acceptors (Lipinski definition) is 5. The molecular weight excluding hydrogens is 384 g/mol. The number of piperidine rings is 1. The van der Waals surface area contributed by atoms with Crippen LogP contribution in [-0.2, 0) is 11.3 Å². The van der Waals surface area contributed by atoms with Crippen LogP contribution in [0.4, 0.5) is 4.79 Å². The maximum Gasteiger partial charge on any atom is 0.410 e. The Labute approximate surface area is 168 Å². The summed E-state index contributed by atoms with van der Waals surface area (Å²) < 4.78 is 7.22. The van der Waals surface area contributed by atoms with Gasteiger partial charge >= 0.3 is 12.1 Å². The van der Waals surface area contributed by atoms with Crippen molar-refractivity contribution in [1.29, 1.82) is 0 Å². The molecule has 28 heavy (non-hydrogen) atoms. The maximum atomic E-state index is 12.2. The Balaban J connectivity index is 1.71. The summed E-state index contributed by atoms with van der Waals surface area (Å²) in [5, 5.41) is 14.5. The van der Waals surface area contributed by atoms with Crippen LogP contribution < -0.4 is 0 Å². The first kappa shape index (κ1) is 20.4. The minimum Gasteiger partial charge on any atom is -0.478 e. The van der Waals surface area contributed by atoms with Crippen molar-refractivity contribution < 1.29 is 19.4 Å². The van der Waals surface area contributed by atoms with E-state index in [9.17, 15) is 14.7 Å². The topological polar surface area (TPSA) is 97.5 Å². The molecule has 1 saturated heterocycles. The Morgan fingerprint density at radius 2 is 1.96 bits per heavy atom. The second-order valence-corrected chi connectivity index (χ2v) is 8.55. The standard InChI is InChI=1S/C19H25ClN4O4/c1-11-14-15(20)13(17(25)26)9-21-16(14)24(22-11)10-12-5-7-23(8-6-12)18(27)28-19(2,3)4/h9,12H,5-8,10H2,1-4H3,(H,25,26). The van der Waals surface area contributed by atoms with Crippen molar-refractivity contribution in [2.45, 2.75) is 52.7 Å². The summed E-state index contributed by atoms with van der Waals surface area (Å²) in [6.45, 7) is 9.28. The van der Waals surface area contributed by atoms with E-state index >= 15 is 0 Å². The van der Waals surface area contributed by atoms with Gasteiger partial charge in [0.25, 0.3) is 0 Å². The van der Waals surface area contributed by atoms with Crippen molar-refractivity contribution in [2.24, 2.45) is 5.92 Å². The molecule has 9 heteroatoms. The number of aryl methyl sites for hydroxylation is 1. The van der Waals surface area contributed by atoms with Gasteiger partial charge in [0, 0.05) is 25.8 Å². The average Bonchev–Trinajstić information content (AvgIpc) is 2.90. The van der Waals surface area contributed by atoms with E-state index < -0.39 is 11.6 Å². The minimum absolute atomic E-state index is 0.0255. The molecule has 2 aromatic heterocycles. The Morgan fingerprint density at radius 1 is 1.32 bits per heavy atom. The molecule has 0 unspecified atom stereocenters. The number of hydrogen-bond donors (Lipinski definition) is 1. The third-order valence-corrected chi connectivity index (χ3v) is 5.19. The minimum atomic E-state index is -1.11. The van der Waals surface area contributed by atoms with Crippen molar-refractivity contribution in [3.05, 3.63) is 22.5 Å². The fourth-order valence-electron chi connectivity index (χ4n) is 3.42. The van der Waals surface area contributed by atoms with E-state index in [2.05, 4.69) is 10.1 Å². The predicted molar refractivity (Wildman–Crippen MR) is 105 cm³/mol. The van der Waals surface area contributed by atoms with Crippen LogP contribution in [0, 0.1) is 12.8 Å². The third kappa shape index (κ3) is 4.22. The van der Waals surface area contributed by atoms with Crippen LogP contribution in [0.15, 0.2) is 6.20 Å². The molecule has 0 spiro atoms. The summed E-state index contributed by atoms with van der Waals surface area (Å²) in [5.74, 6) is -0.776. The van der Waals surface area contributed by atoms with Crippen LogP contribution in [0.3, 0.4) is 0 Å². The number of pyridine rings is 1. The first-order valence-electron chi connectivity index (χ1n) is 9.29. The van der Waals surface area contributed by atoms with E-state index in [1.807, 2.05) is 20.8 Å². The number of carboxylic acids is 1. The molecule has 0 aromatic carbocycles. The van der Waals surface area contributed by atoms with Crippen molar-refractivity contribution in [3.63, 3.8) is 0 Å². The number of halogens is 1.